The average Bonchev–Trinajstić information content (AvgIpc) is 3.24. The summed E-state index contributed by atoms with van der Waals surface area (Å²) in [6.07, 6.45) is 1.95. The topological polar surface area (TPSA) is 89.2 Å². The first kappa shape index (κ1) is 24.6. The van der Waals surface area contributed by atoms with E-state index in [9.17, 15) is 9.59 Å². The summed E-state index contributed by atoms with van der Waals surface area (Å²) in [6, 6.07) is 17.4. The van der Waals surface area contributed by atoms with Gasteiger partial charge in [-0.05, 0) is 74.7 Å². The average molecular weight is 513 g/mol. The number of nitrogens with zero attached hydrogens (tertiary/aromatic N) is 2. The van der Waals surface area contributed by atoms with Crippen molar-refractivity contribution in [1.29, 1.82) is 0 Å². The van der Waals surface area contributed by atoms with Gasteiger partial charge in [0.2, 0.25) is 5.91 Å². The van der Waals surface area contributed by atoms with E-state index in [0.29, 0.717) is 22.3 Å². The maximum absolute atomic E-state index is 13.5. The molecule has 7 nitrogen and oxygen atoms in total. The van der Waals surface area contributed by atoms with Gasteiger partial charge in [0.15, 0.2) is 5.43 Å². The van der Waals surface area contributed by atoms with E-state index in [2.05, 4.69) is 21.2 Å². The molecule has 8 heteroatoms. The second-order valence-corrected chi connectivity index (χ2v) is 10.2. The number of aromatic nitrogens is 2. The van der Waals surface area contributed by atoms with Crippen LogP contribution in [0.5, 0.6) is 0 Å². The number of para-hydroxylation sites is 1. The lowest BCUT2D eigenvalue weighted by molar-refractivity contribution is -0.117. The Morgan fingerprint density at radius 1 is 1.11 bits per heavy atom. The van der Waals surface area contributed by atoms with Crippen molar-refractivity contribution in [3.63, 3.8) is 0 Å². The van der Waals surface area contributed by atoms with Gasteiger partial charge in [0.05, 0.1) is 27.5 Å². The van der Waals surface area contributed by atoms with Crippen LogP contribution in [0.25, 0.3) is 33.2 Å². The molecule has 0 radical (unpaired) electrons. The standard InChI is InChI=1S/C29H28N4O3S/c1-16-12-22(18(3)30-25-8-6-7-9-26(25)37-32-19(4)34)29-23(13-16)27(35)17(2)28(36-29)20-10-11-24-21(14-20)15-33(5)31-24/h6-15,18,30H,1-5H3,(H,32,34)/t18-/m1/s1. The lowest BCUT2D eigenvalue weighted by atomic mass is 9.98. The van der Waals surface area contributed by atoms with Crippen molar-refractivity contribution in [3.05, 3.63) is 87.7 Å². The van der Waals surface area contributed by atoms with E-state index in [-0.39, 0.29) is 17.4 Å². The summed E-state index contributed by atoms with van der Waals surface area (Å²) >= 11 is 1.26. The Labute approximate surface area is 219 Å². The number of rotatable bonds is 6. The minimum atomic E-state index is -0.180. The van der Waals surface area contributed by atoms with Crippen molar-refractivity contribution in [2.24, 2.45) is 7.05 Å². The number of anilines is 1. The number of hydrogen-bond acceptors (Lipinski definition) is 6. The fraction of sp³-hybridized carbons (Fsp3) is 0.207. The van der Waals surface area contributed by atoms with E-state index in [4.69, 9.17) is 4.42 Å². The molecule has 1 atom stereocenters. The first-order valence-corrected chi connectivity index (χ1v) is 12.8. The zero-order valence-electron chi connectivity index (χ0n) is 21.4. The van der Waals surface area contributed by atoms with Crippen LogP contribution in [0.15, 0.2) is 74.9 Å². The molecule has 1 amide bonds. The Kier molecular flexibility index (Phi) is 6.52. The van der Waals surface area contributed by atoms with Gasteiger partial charge in [0.25, 0.3) is 0 Å². The van der Waals surface area contributed by atoms with E-state index in [1.807, 2.05) is 82.5 Å². The van der Waals surface area contributed by atoms with Gasteiger partial charge in [0, 0.05) is 42.2 Å². The van der Waals surface area contributed by atoms with E-state index in [0.717, 1.165) is 38.2 Å². The summed E-state index contributed by atoms with van der Waals surface area (Å²) < 4.78 is 11.1. The van der Waals surface area contributed by atoms with Crippen LogP contribution in [0, 0.1) is 13.8 Å². The zero-order valence-corrected chi connectivity index (χ0v) is 22.2. The largest absolute Gasteiger partial charge is 0.455 e. The van der Waals surface area contributed by atoms with Crippen LogP contribution in [-0.2, 0) is 11.8 Å². The van der Waals surface area contributed by atoms with Crippen LogP contribution in [0.4, 0.5) is 5.69 Å². The summed E-state index contributed by atoms with van der Waals surface area (Å²) in [5.41, 5.74) is 5.56. The molecule has 5 rings (SSSR count). The summed E-state index contributed by atoms with van der Waals surface area (Å²) in [7, 11) is 1.89. The van der Waals surface area contributed by atoms with Gasteiger partial charge in [-0.2, -0.15) is 5.10 Å². The van der Waals surface area contributed by atoms with Gasteiger partial charge in [-0.25, -0.2) is 0 Å². The predicted octanol–water partition coefficient (Wildman–Crippen LogP) is 6.28. The smallest absolute Gasteiger partial charge is 0.226 e. The monoisotopic (exact) mass is 512 g/mol. The van der Waals surface area contributed by atoms with Gasteiger partial charge in [-0.3, -0.25) is 19.0 Å². The highest BCUT2D eigenvalue weighted by atomic mass is 32.2. The second-order valence-electron chi connectivity index (χ2n) is 9.32. The number of nitrogens with one attached hydrogen (secondary N) is 2. The van der Waals surface area contributed by atoms with E-state index in [1.165, 1.54) is 18.9 Å². The number of amides is 1. The van der Waals surface area contributed by atoms with Crippen molar-refractivity contribution >= 4 is 45.4 Å². The SMILES string of the molecule is CC(=O)NSc1ccccc1N[C@H](C)c1cc(C)cc2c(=O)c(C)c(-c3ccc4nn(C)cc4c3)oc12. The molecule has 2 heterocycles. The number of carbonyl (C=O) groups excluding carboxylic acids is 1. The maximum atomic E-state index is 13.5. The van der Waals surface area contributed by atoms with Crippen molar-refractivity contribution in [2.45, 2.75) is 38.6 Å². The van der Waals surface area contributed by atoms with Gasteiger partial charge in [-0.1, -0.05) is 18.2 Å². The van der Waals surface area contributed by atoms with Gasteiger partial charge in [-0.15, -0.1) is 0 Å². The number of aryl methyl sites for hydroxylation is 2. The highest BCUT2D eigenvalue weighted by molar-refractivity contribution is 7.98. The molecule has 2 N–H and O–H groups in total. The fourth-order valence-corrected chi connectivity index (χ4v) is 5.20. The Morgan fingerprint density at radius 2 is 1.89 bits per heavy atom. The van der Waals surface area contributed by atoms with E-state index < -0.39 is 0 Å². The first-order valence-electron chi connectivity index (χ1n) is 12.0. The van der Waals surface area contributed by atoms with Crippen LogP contribution in [0.2, 0.25) is 0 Å². The Hall–Kier alpha value is -4.04. The first-order chi connectivity index (χ1) is 17.7. The summed E-state index contributed by atoms with van der Waals surface area (Å²) in [4.78, 5) is 25.9. The number of hydrogen-bond donors (Lipinski definition) is 2. The fourth-order valence-electron chi connectivity index (χ4n) is 4.57. The Morgan fingerprint density at radius 3 is 2.68 bits per heavy atom. The normalized spacial score (nSPS) is 12.1. The molecular formula is C29H28N4O3S. The molecule has 0 bridgehead atoms. The lowest BCUT2D eigenvalue weighted by Crippen LogP contribution is -2.14. The van der Waals surface area contributed by atoms with Crippen molar-refractivity contribution in [2.75, 3.05) is 5.32 Å². The molecule has 2 aromatic heterocycles. The van der Waals surface area contributed by atoms with Crippen molar-refractivity contribution < 1.29 is 9.21 Å². The molecule has 0 spiro atoms. The molecule has 188 valence electrons. The minimum absolute atomic E-state index is 0.0405. The van der Waals surface area contributed by atoms with Gasteiger partial charge >= 0.3 is 0 Å². The molecule has 0 saturated heterocycles. The third-order valence-electron chi connectivity index (χ3n) is 6.30. The molecule has 0 aliphatic carbocycles. The summed E-state index contributed by atoms with van der Waals surface area (Å²) in [5, 5.41) is 9.54. The molecule has 37 heavy (non-hydrogen) atoms. The quantitative estimate of drug-likeness (QED) is 0.260. The number of carbonyl (C=O) groups is 1. The molecule has 0 aliphatic rings. The molecule has 0 aliphatic heterocycles. The molecule has 0 fully saturated rings. The van der Waals surface area contributed by atoms with Crippen LogP contribution in [-0.4, -0.2) is 15.7 Å². The van der Waals surface area contributed by atoms with Crippen LogP contribution < -0.4 is 15.5 Å². The van der Waals surface area contributed by atoms with Crippen molar-refractivity contribution in [3.8, 4) is 11.3 Å². The Bertz CT molecular complexity index is 1720. The number of fused-ring (bicyclic) bond motifs is 2. The van der Waals surface area contributed by atoms with Gasteiger partial charge in [0.1, 0.15) is 11.3 Å². The molecule has 0 saturated carbocycles. The van der Waals surface area contributed by atoms with Crippen LogP contribution >= 0.6 is 11.9 Å². The third kappa shape index (κ3) is 4.84. The lowest BCUT2D eigenvalue weighted by Gasteiger charge is -2.20. The maximum Gasteiger partial charge on any atom is 0.226 e. The van der Waals surface area contributed by atoms with Crippen LogP contribution in [0.1, 0.15) is 36.6 Å². The summed E-state index contributed by atoms with van der Waals surface area (Å²) in [6.45, 7) is 7.32. The minimum Gasteiger partial charge on any atom is -0.455 e. The molecule has 0 unspecified atom stereocenters. The number of benzene rings is 3. The van der Waals surface area contributed by atoms with E-state index >= 15 is 0 Å². The molecule has 5 aromatic rings. The summed E-state index contributed by atoms with van der Waals surface area (Å²) in [5.74, 6) is 0.439. The van der Waals surface area contributed by atoms with Crippen molar-refractivity contribution in [1.82, 2.24) is 14.5 Å². The zero-order chi connectivity index (χ0) is 26.3. The van der Waals surface area contributed by atoms with E-state index in [1.54, 1.807) is 4.68 Å². The highest BCUT2D eigenvalue weighted by Gasteiger charge is 2.20. The van der Waals surface area contributed by atoms with Gasteiger partial charge < -0.3 is 9.73 Å². The second kappa shape index (κ2) is 9.78. The third-order valence-corrected chi connectivity index (χ3v) is 7.27. The molecular weight excluding hydrogens is 484 g/mol. The highest BCUT2D eigenvalue weighted by Crippen LogP contribution is 2.34. The predicted molar refractivity (Wildman–Crippen MR) is 150 cm³/mol. The van der Waals surface area contributed by atoms with Crippen LogP contribution in [0.3, 0.4) is 0 Å². The molecule has 3 aromatic carbocycles. The Balaban J connectivity index is 1.61.